The molecule has 39 heavy (non-hydrogen) atoms. The Morgan fingerprint density at radius 3 is 2.23 bits per heavy atom. The Bertz CT molecular complexity index is 1450. The Balaban J connectivity index is 1.90. The molecule has 1 saturated heterocycles. The van der Waals surface area contributed by atoms with Crippen LogP contribution in [0.5, 0.6) is 11.5 Å². The van der Waals surface area contributed by atoms with Crippen LogP contribution in [0.4, 0.5) is 5.69 Å². The molecular weight excluding hydrogens is 492 g/mol. The molecule has 1 heterocycles. The zero-order valence-electron chi connectivity index (χ0n) is 22.8. The molecule has 1 N–H and O–H groups in total. The number of aliphatic hydroxyl groups excluding tert-OH is 1. The minimum atomic E-state index is -0.889. The van der Waals surface area contributed by atoms with Crippen LogP contribution in [0, 0.1) is 11.3 Å². The van der Waals surface area contributed by atoms with Gasteiger partial charge in [-0.3, -0.25) is 14.5 Å². The molecule has 0 radical (unpaired) electrons. The number of ether oxygens (including phenoxy) is 2. The summed E-state index contributed by atoms with van der Waals surface area (Å²) in [5.41, 5.74) is 2.79. The fourth-order valence-electron chi connectivity index (χ4n) is 4.70. The van der Waals surface area contributed by atoms with Crippen molar-refractivity contribution in [1.29, 1.82) is 5.26 Å². The van der Waals surface area contributed by atoms with Gasteiger partial charge in [0.1, 0.15) is 17.3 Å². The standard InChI is InChI=1S/C32H32N2O5/c1-6-38-27-16-11-23(17-26(27)19(2)3)30(35)28-29(22-9-14-25(15-10-22)39-20(4)5)34(32(37)31(28)36)24-12-7-21(18-33)8-13-24/h7-17,19-20,29,35H,6H2,1-5H3/b30-28-. The molecule has 0 aliphatic carbocycles. The molecule has 7 heteroatoms. The molecule has 0 bridgehead atoms. The lowest BCUT2D eigenvalue weighted by Crippen LogP contribution is -2.29. The maximum atomic E-state index is 13.5. The zero-order chi connectivity index (χ0) is 28.3. The smallest absolute Gasteiger partial charge is 0.300 e. The molecule has 1 fully saturated rings. The second kappa shape index (κ2) is 11.4. The normalized spacial score (nSPS) is 16.6. The second-order valence-corrected chi connectivity index (χ2v) is 9.90. The van der Waals surface area contributed by atoms with Crippen LogP contribution in [0.15, 0.2) is 72.3 Å². The van der Waals surface area contributed by atoms with Gasteiger partial charge in [0.2, 0.25) is 0 Å². The molecule has 0 spiro atoms. The number of carbonyl (C=O) groups is 2. The molecule has 3 aromatic rings. The third kappa shape index (κ3) is 5.51. The second-order valence-electron chi connectivity index (χ2n) is 9.90. The van der Waals surface area contributed by atoms with Crippen LogP contribution < -0.4 is 14.4 Å². The Labute approximate surface area is 228 Å². The van der Waals surface area contributed by atoms with E-state index >= 15 is 0 Å². The lowest BCUT2D eigenvalue weighted by atomic mass is 9.93. The molecule has 4 rings (SSSR count). The van der Waals surface area contributed by atoms with Gasteiger partial charge in [-0.05, 0) is 92.4 Å². The molecule has 1 aliphatic rings. The van der Waals surface area contributed by atoms with E-state index in [0.29, 0.717) is 40.5 Å². The van der Waals surface area contributed by atoms with Crippen LogP contribution in [0.2, 0.25) is 0 Å². The SMILES string of the molecule is CCOc1ccc(/C(O)=C2/C(=O)C(=O)N(c3ccc(C#N)cc3)C2c2ccc(OC(C)C)cc2)cc1C(C)C. The van der Waals surface area contributed by atoms with Gasteiger partial charge in [-0.1, -0.05) is 26.0 Å². The Hall–Kier alpha value is -4.57. The highest BCUT2D eigenvalue weighted by Gasteiger charge is 2.47. The summed E-state index contributed by atoms with van der Waals surface area (Å²) in [7, 11) is 0. The van der Waals surface area contributed by atoms with Gasteiger partial charge in [-0.15, -0.1) is 0 Å². The van der Waals surface area contributed by atoms with Crippen LogP contribution >= 0.6 is 0 Å². The summed E-state index contributed by atoms with van der Waals surface area (Å²) in [6.07, 6.45) is -0.0186. The predicted molar refractivity (Wildman–Crippen MR) is 150 cm³/mol. The van der Waals surface area contributed by atoms with Gasteiger partial charge in [0, 0.05) is 11.3 Å². The number of nitrogens with zero attached hydrogens (tertiary/aromatic N) is 2. The number of carbonyl (C=O) groups excluding carboxylic acids is 2. The van der Waals surface area contributed by atoms with Crippen molar-refractivity contribution in [2.75, 3.05) is 11.5 Å². The molecule has 3 aromatic carbocycles. The number of amides is 1. The highest BCUT2D eigenvalue weighted by molar-refractivity contribution is 6.51. The van der Waals surface area contributed by atoms with E-state index in [2.05, 4.69) is 6.07 Å². The van der Waals surface area contributed by atoms with E-state index in [9.17, 15) is 20.0 Å². The first-order valence-corrected chi connectivity index (χ1v) is 13.0. The Kier molecular flexibility index (Phi) is 8.06. The third-order valence-corrected chi connectivity index (χ3v) is 6.49. The van der Waals surface area contributed by atoms with Crippen LogP contribution in [0.1, 0.15) is 68.8 Å². The van der Waals surface area contributed by atoms with E-state index in [1.165, 1.54) is 4.90 Å². The van der Waals surface area contributed by atoms with Crippen molar-refractivity contribution < 1.29 is 24.2 Å². The molecule has 0 saturated carbocycles. The van der Waals surface area contributed by atoms with Crippen molar-refractivity contribution in [2.45, 2.75) is 52.7 Å². The lowest BCUT2D eigenvalue weighted by Gasteiger charge is -2.26. The zero-order valence-corrected chi connectivity index (χ0v) is 22.8. The average molecular weight is 525 g/mol. The number of anilines is 1. The van der Waals surface area contributed by atoms with E-state index < -0.39 is 17.7 Å². The summed E-state index contributed by atoms with van der Waals surface area (Å²) in [5.74, 6) is -0.351. The molecule has 1 atom stereocenters. The number of hydrogen-bond acceptors (Lipinski definition) is 6. The minimum Gasteiger partial charge on any atom is -0.507 e. The molecular formula is C32H32N2O5. The van der Waals surface area contributed by atoms with Crippen LogP contribution in [-0.2, 0) is 9.59 Å². The summed E-state index contributed by atoms with van der Waals surface area (Å²) in [4.78, 5) is 28.3. The summed E-state index contributed by atoms with van der Waals surface area (Å²) >= 11 is 0. The molecule has 0 aromatic heterocycles. The summed E-state index contributed by atoms with van der Waals surface area (Å²) < 4.78 is 11.5. The monoisotopic (exact) mass is 524 g/mol. The number of ketones is 1. The molecule has 7 nitrogen and oxygen atoms in total. The lowest BCUT2D eigenvalue weighted by molar-refractivity contribution is -0.132. The van der Waals surface area contributed by atoms with Gasteiger partial charge >= 0.3 is 0 Å². The highest BCUT2D eigenvalue weighted by atomic mass is 16.5. The van der Waals surface area contributed by atoms with E-state index in [1.807, 2.05) is 34.6 Å². The van der Waals surface area contributed by atoms with Crippen molar-refractivity contribution in [3.63, 3.8) is 0 Å². The number of rotatable bonds is 8. The maximum Gasteiger partial charge on any atom is 0.300 e. The number of hydrogen-bond donors (Lipinski definition) is 1. The topological polar surface area (TPSA) is 99.9 Å². The first-order chi connectivity index (χ1) is 18.7. The summed E-state index contributed by atoms with van der Waals surface area (Å²) in [6, 6.07) is 20.0. The maximum absolute atomic E-state index is 13.5. The van der Waals surface area contributed by atoms with Crippen molar-refractivity contribution in [1.82, 2.24) is 0 Å². The van der Waals surface area contributed by atoms with E-state index in [-0.39, 0.29) is 23.4 Å². The first-order valence-electron chi connectivity index (χ1n) is 13.0. The highest BCUT2D eigenvalue weighted by Crippen LogP contribution is 2.43. The fraction of sp³-hybridized carbons (Fsp3) is 0.281. The number of benzene rings is 3. The molecule has 1 unspecified atom stereocenters. The van der Waals surface area contributed by atoms with Crippen LogP contribution in [0.25, 0.3) is 5.76 Å². The Morgan fingerprint density at radius 2 is 1.67 bits per heavy atom. The molecule has 200 valence electrons. The Morgan fingerprint density at radius 1 is 1.00 bits per heavy atom. The van der Waals surface area contributed by atoms with Crippen molar-refractivity contribution in [3.05, 3.63) is 94.6 Å². The van der Waals surface area contributed by atoms with Crippen LogP contribution in [-0.4, -0.2) is 29.5 Å². The number of Topliss-reactive ketones (excluding diaryl/α,β-unsaturated/α-hetero) is 1. The van der Waals surface area contributed by atoms with Crippen molar-refractivity contribution in [3.8, 4) is 17.6 Å². The summed E-state index contributed by atoms with van der Waals surface area (Å²) in [6.45, 7) is 10.3. The van der Waals surface area contributed by atoms with Gasteiger partial charge in [0.05, 0.1) is 36.0 Å². The quantitative estimate of drug-likeness (QED) is 0.205. The third-order valence-electron chi connectivity index (χ3n) is 6.49. The number of nitriles is 1. The van der Waals surface area contributed by atoms with E-state index in [1.54, 1.807) is 66.7 Å². The average Bonchev–Trinajstić information content (AvgIpc) is 3.18. The predicted octanol–water partition coefficient (Wildman–Crippen LogP) is 6.49. The fourth-order valence-corrected chi connectivity index (χ4v) is 4.70. The van der Waals surface area contributed by atoms with E-state index in [0.717, 1.165) is 5.56 Å². The van der Waals surface area contributed by atoms with E-state index in [4.69, 9.17) is 9.47 Å². The molecule has 1 amide bonds. The van der Waals surface area contributed by atoms with Gasteiger partial charge < -0.3 is 14.6 Å². The largest absolute Gasteiger partial charge is 0.507 e. The van der Waals surface area contributed by atoms with Crippen molar-refractivity contribution >= 4 is 23.1 Å². The molecule has 1 aliphatic heterocycles. The van der Waals surface area contributed by atoms with Crippen LogP contribution in [0.3, 0.4) is 0 Å². The van der Waals surface area contributed by atoms with Crippen molar-refractivity contribution in [2.24, 2.45) is 0 Å². The van der Waals surface area contributed by atoms with Gasteiger partial charge in [-0.2, -0.15) is 5.26 Å². The van der Waals surface area contributed by atoms with Gasteiger partial charge in [-0.25, -0.2) is 0 Å². The first kappa shape index (κ1) is 27.5. The number of aliphatic hydroxyl groups is 1. The van der Waals surface area contributed by atoms with Gasteiger partial charge in [0.15, 0.2) is 0 Å². The summed E-state index contributed by atoms with van der Waals surface area (Å²) in [5, 5.41) is 20.8. The minimum absolute atomic E-state index is 0.0132. The van der Waals surface area contributed by atoms with Gasteiger partial charge in [0.25, 0.3) is 11.7 Å².